The van der Waals surface area contributed by atoms with Gasteiger partial charge in [-0.25, -0.2) is 9.59 Å². The van der Waals surface area contributed by atoms with E-state index in [0.717, 1.165) is 23.0 Å². The molecule has 0 saturated heterocycles. The van der Waals surface area contributed by atoms with Crippen LogP contribution in [0.3, 0.4) is 0 Å². The first-order chi connectivity index (χ1) is 16.3. The summed E-state index contributed by atoms with van der Waals surface area (Å²) in [7, 11) is 0. The molecule has 0 spiro atoms. The lowest BCUT2D eigenvalue weighted by Crippen LogP contribution is -2.38. The first kappa shape index (κ1) is 28.6. The van der Waals surface area contributed by atoms with E-state index >= 15 is 0 Å². The molecule has 0 unspecified atom stereocenters. The molecular weight excluding hydrogens is 444 g/mol. The maximum atomic E-state index is 11.8. The van der Waals surface area contributed by atoms with Crippen molar-refractivity contribution in [3.05, 3.63) is 47.3 Å². The largest absolute Gasteiger partial charge is 0.466 e. The van der Waals surface area contributed by atoms with Gasteiger partial charge in [-0.2, -0.15) is 0 Å². The van der Waals surface area contributed by atoms with Crippen molar-refractivity contribution in [3.63, 3.8) is 0 Å². The summed E-state index contributed by atoms with van der Waals surface area (Å²) in [5.74, 6) is 2.89. The number of aryl methyl sites for hydroxylation is 2. The third kappa shape index (κ3) is 12.0. The van der Waals surface area contributed by atoms with E-state index in [4.69, 9.17) is 23.0 Å². The number of hydrogen-bond acceptors (Lipinski definition) is 8. The summed E-state index contributed by atoms with van der Waals surface area (Å²) in [6.07, 6.45) is 0.304. The van der Waals surface area contributed by atoms with Crippen LogP contribution in [0.1, 0.15) is 43.8 Å². The molecule has 2 aromatic rings. The van der Waals surface area contributed by atoms with E-state index in [0.29, 0.717) is 32.5 Å². The molecule has 0 aliphatic heterocycles. The van der Waals surface area contributed by atoms with Crippen LogP contribution in [-0.4, -0.2) is 62.5 Å². The van der Waals surface area contributed by atoms with Gasteiger partial charge in [-0.05, 0) is 58.9 Å². The van der Waals surface area contributed by atoms with E-state index in [-0.39, 0.29) is 25.9 Å². The highest BCUT2D eigenvalue weighted by molar-refractivity contribution is 5.78. The van der Waals surface area contributed by atoms with Gasteiger partial charge in [0.15, 0.2) is 0 Å². The number of amides is 2. The van der Waals surface area contributed by atoms with Crippen LogP contribution in [-0.2, 0) is 31.8 Å². The second kappa shape index (κ2) is 16.2. The third-order valence-electron chi connectivity index (χ3n) is 4.29. The van der Waals surface area contributed by atoms with E-state index in [1.165, 1.54) is 4.90 Å². The van der Waals surface area contributed by atoms with Crippen LogP contribution >= 0.6 is 0 Å². The molecule has 0 bridgehead atoms. The molecule has 2 heterocycles. The lowest BCUT2D eigenvalue weighted by Gasteiger charge is -2.20. The van der Waals surface area contributed by atoms with E-state index in [1.54, 1.807) is 20.8 Å². The van der Waals surface area contributed by atoms with E-state index in [9.17, 15) is 14.4 Å². The maximum absolute atomic E-state index is 11.8. The SMILES string of the molecule is CCOC(=O)CN(CCc1ccc(C)o1)C(=O)OCC.CCOC(=O)NCCc1ccc(C)o1. The number of esters is 1. The number of nitrogens with one attached hydrogen (secondary N) is 1. The number of carbonyl (C=O) groups is 3. The predicted molar refractivity (Wildman–Crippen MR) is 125 cm³/mol. The Labute approximate surface area is 200 Å². The Morgan fingerprint density at radius 3 is 1.88 bits per heavy atom. The Morgan fingerprint density at radius 2 is 1.38 bits per heavy atom. The van der Waals surface area contributed by atoms with Crippen molar-refractivity contribution in [2.45, 2.75) is 47.5 Å². The van der Waals surface area contributed by atoms with Crippen LogP contribution in [0.4, 0.5) is 9.59 Å². The monoisotopic (exact) mass is 480 g/mol. The molecule has 0 aliphatic rings. The summed E-state index contributed by atoms with van der Waals surface area (Å²) in [5.41, 5.74) is 0. The van der Waals surface area contributed by atoms with Crippen molar-refractivity contribution in [1.82, 2.24) is 10.2 Å². The topological polar surface area (TPSA) is 120 Å². The molecule has 0 saturated carbocycles. The van der Waals surface area contributed by atoms with Gasteiger partial charge in [0.1, 0.15) is 29.6 Å². The summed E-state index contributed by atoms with van der Waals surface area (Å²) in [5, 5.41) is 2.62. The highest BCUT2D eigenvalue weighted by Crippen LogP contribution is 2.08. The van der Waals surface area contributed by atoms with Crippen LogP contribution in [0.25, 0.3) is 0 Å². The van der Waals surface area contributed by atoms with Crippen LogP contribution in [0, 0.1) is 13.8 Å². The quantitative estimate of drug-likeness (QED) is 0.378. The zero-order valence-electron chi connectivity index (χ0n) is 20.7. The summed E-state index contributed by atoms with van der Waals surface area (Å²) < 4.78 is 25.2. The predicted octanol–water partition coefficient (Wildman–Crippen LogP) is 4.03. The molecule has 0 atom stereocenters. The van der Waals surface area contributed by atoms with Crippen LogP contribution < -0.4 is 5.32 Å². The number of furan rings is 2. The maximum Gasteiger partial charge on any atom is 0.410 e. The molecule has 0 aromatic carbocycles. The summed E-state index contributed by atoms with van der Waals surface area (Å²) in [4.78, 5) is 35.5. The first-order valence-electron chi connectivity index (χ1n) is 11.4. The molecule has 2 amide bonds. The number of nitrogens with zero attached hydrogens (tertiary/aromatic N) is 1. The van der Waals surface area contributed by atoms with E-state index < -0.39 is 12.1 Å². The molecule has 2 rings (SSSR count). The van der Waals surface area contributed by atoms with Gasteiger partial charge in [-0.1, -0.05) is 0 Å². The van der Waals surface area contributed by atoms with Crippen LogP contribution in [0.2, 0.25) is 0 Å². The fourth-order valence-corrected chi connectivity index (χ4v) is 2.77. The van der Waals surface area contributed by atoms with Crippen molar-refractivity contribution in [1.29, 1.82) is 0 Å². The fourth-order valence-electron chi connectivity index (χ4n) is 2.77. The van der Waals surface area contributed by atoms with Crippen molar-refractivity contribution in [2.75, 3.05) is 39.5 Å². The molecule has 10 nitrogen and oxygen atoms in total. The van der Waals surface area contributed by atoms with Gasteiger partial charge >= 0.3 is 18.2 Å². The van der Waals surface area contributed by atoms with Gasteiger partial charge in [0.25, 0.3) is 0 Å². The highest BCUT2D eigenvalue weighted by atomic mass is 16.6. The smallest absolute Gasteiger partial charge is 0.410 e. The second-order valence-corrected chi connectivity index (χ2v) is 7.10. The summed E-state index contributed by atoms with van der Waals surface area (Å²) in [6, 6.07) is 7.51. The number of alkyl carbamates (subject to hydrolysis) is 1. The fraction of sp³-hybridized carbons (Fsp3) is 0.542. The summed E-state index contributed by atoms with van der Waals surface area (Å²) >= 11 is 0. The highest BCUT2D eigenvalue weighted by Gasteiger charge is 2.19. The third-order valence-corrected chi connectivity index (χ3v) is 4.29. The van der Waals surface area contributed by atoms with Crippen LogP contribution in [0.5, 0.6) is 0 Å². The average molecular weight is 481 g/mol. The normalized spacial score (nSPS) is 10.0. The van der Waals surface area contributed by atoms with Crippen molar-refractivity contribution >= 4 is 18.2 Å². The minimum absolute atomic E-state index is 0.119. The lowest BCUT2D eigenvalue weighted by atomic mass is 10.3. The number of rotatable bonds is 11. The van der Waals surface area contributed by atoms with Gasteiger partial charge in [-0.3, -0.25) is 9.69 Å². The van der Waals surface area contributed by atoms with Crippen molar-refractivity contribution in [3.8, 4) is 0 Å². The van der Waals surface area contributed by atoms with Gasteiger partial charge in [-0.15, -0.1) is 0 Å². The van der Waals surface area contributed by atoms with Gasteiger partial charge in [0.2, 0.25) is 0 Å². The second-order valence-electron chi connectivity index (χ2n) is 7.10. The summed E-state index contributed by atoms with van der Waals surface area (Å²) in [6.45, 7) is 10.6. The van der Waals surface area contributed by atoms with Gasteiger partial charge in [0.05, 0.1) is 19.8 Å². The number of hydrogen-bond donors (Lipinski definition) is 1. The Balaban J connectivity index is 0.000000362. The Hall–Kier alpha value is -3.43. The Morgan fingerprint density at radius 1 is 0.824 bits per heavy atom. The minimum Gasteiger partial charge on any atom is -0.466 e. The molecular formula is C24H36N2O8. The molecule has 2 aromatic heterocycles. The molecule has 0 aliphatic carbocycles. The molecule has 0 fully saturated rings. The van der Waals surface area contributed by atoms with Crippen molar-refractivity contribution < 1.29 is 37.4 Å². The number of ether oxygens (including phenoxy) is 3. The average Bonchev–Trinajstić information content (AvgIpc) is 3.39. The van der Waals surface area contributed by atoms with E-state index in [1.807, 2.05) is 38.1 Å². The minimum atomic E-state index is -0.524. The van der Waals surface area contributed by atoms with Crippen LogP contribution in [0.15, 0.2) is 33.1 Å². The Kier molecular flexibility index (Phi) is 13.6. The molecule has 34 heavy (non-hydrogen) atoms. The zero-order chi connectivity index (χ0) is 25.3. The van der Waals surface area contributed by atoms with E-state index in [2.05, 4.69) is 5.32 Å². The van der Waals surface area contributed by atoms with Crippen molar-refractivity contribution in [2.24, 2.45) is 0 Å². The first-order valence-corrected chi connectivity index (χ1v) is 11.4. The molecule has 1 N–H and O–H groups in total. The number of carbonyl (C=O) groups excluding carboxylic acids is 3. The molecule has 10 heteroatoms. The zero-order valence-corrected chi connectivity index (χ0v) is 20.7. The van der Waals surface area contributed by atoms with Gasteiger partial charge < -0.3 is 28.4 Å². The standard InChI is InChI=1S/C14H21NO5.C10H15NO3/c1-4-18-13(16)10-15(14(17)19-5-2)9-8-12-7-6-11(3)20-12;1-3-13-10(12)11-7-6-9-5-4-8(2)14-9/h6-7H,4-5,8-10H2,1-3H3;4-5H,3,6-7H2,1-2H3,(H,11,12). The molecule has 190 valence electrons. The Bertz CT molecular complexity index is 874. The lowest BCUT2D eigenvalue weighted by molar-refractivity contribution is -0.144. The molecule has 0 radical (unpaired) electrons. The van der Waals surface area contributed by atoms with Gasteiger partial charge in [0, 0.05) is 25.9 Å².